The van der Waals surface area contributed by atoms with E-state index in [4.69, 9.17) is 0 Å². The van der Waals surface area contributed by atoms with Crippen LogP contribution in [0.5, 0.6) is 0 Å². The van der Waals surface area contributed by atoms with E-state index in [9.17, 15) is 13.9 Å². The summed E-state index contributed by atoms with van der Waals surface area (Å²) in [5, 5.41) is 10.1. The first kappa shape index (κ1) is 13.7. The lowest BCUT2D eigenvalue weighted by molar-refractivity contribution is 0.176. The van der Waals surface area contributed by atoms with Gasteiger partial charge in [-0.2, -0.15) is 0 Å². The van der Waals surface area contributed by atoms with Crippen LogP contribution >= 0.6 is 0 Å². The van der Waals surface area contributed by atoms with Crippen molar-refractivity contribution < 1.29 is 13.9 Å². The highest BCUT2D eigenvalue weighted by Crippen LogP contribution is 2.23. The average molecular weight is 262 g/mol. The van der Waals surface area contributed by atoms with Crippen molar-refractivity contribution in [1.82, 2.24) is 0 Å². The predicted molar refractivity (Wildman–Crippen MR) is 70.9 cm³/mol. The fourth-order valence-corrected chi connectivity index (χ4v) is 2.23. The summed E-state index contributed by atoms with van der Waals surface area (Å²) in [5.41, 5.74) is 2.98. The number of halogens is 2. The quantitative estimate of drug-likeness (QED) is 0.890. The molecule has 0 aliphatic carbocycles. The first-order valence-electron chi connectivity index (χ1n) is 6.16. The van der Waals surface area contributed by atoms with Crippen LogP contribution in [0.3, 0.4) is 0 Å². The molecule has 2 aromatic carbocycles. The summed E-state index contributed by atoms with van der Waals surface area (Å²) in [6, 6.07) is 9.72. The van der Waals surface area contributed by atoms with Crippen LogP contribution in [0.2, 0.25) is 0 Å². The summed E-state index contributed by atoms with van der Waals surface area (Å²) in [7, 11) is 0. The van der Waals surface area contributed by atoms with Crippen LogP contribution in [0.4, 0.5) is 8.78 Å². The van der Waals surface area contributed by atoms with Gasteiger partial charge in [0.15, 0.2) is 11.6 Å². The molecule has 0 radical (unpaired) electrons. The number of aryl methyl sites for hydroxylation is 2. The van der Waals surface area contributed by atoms with Gasteiger partial charge in [0, 0.05) is 6.42 Å². The van der Waals surface area contributed by atoms with E-state index in [1.165, 1.54) is 12.1 Å². The van der Waals surface area contributed by atoms with Gasteiger partial charge in [-0.3, -0.25) is 0 Å². The highest BCUT2D eigenvalue weighted by Gasteiger charge is 2.14. The van der Waals surface area contributed by atoms with Crippen LogP contribution in [0.25, 0.3) is 0 Å². The monoisotopic (exact) mass is 262 g/mol. The van der Waals surface area contributed by atoms with Crippen LogP contribution in [0.15, 0.2) is 36.4 Å². The minimum absolute atomic E-state index is 0.0620. The van der Waals surface area contributed by atoms with Crippen molar-refractivity contribution in [2.24, 2.45) is 0 Å². The van der Waals surface area contributed by atoms with Crippen molar-refractivity contribution in [3.8, 4) is 0 Å². The summed E-state index contributed by atoms with van der Waals surface area (Å²) in [6.07, 6.45) is -0.776. The second-order valence-electron chi connectivity index (χ2n) is 4.85. The topological polar surface area (TPSA) is 20.2 Å². The van der Waals surface area contributed by atoms with E-state index >= 15 is 0 Å². The molecule has 0 aliphatic heterocycles. The Morgan fingerprint density at radius 3 is 2.32 bits per heavy atom. The first-order valence-corrected chi connectivity index (χ1v) is 6.16. The Hall–Kier alpha value is -1.74. The van der Waals surface area contributed by atoms with Gasteiger partial charge in [0.1, 0.15) is 0 Å². The maximum atomic E-state index is 13.6. The Morgan fingerprint density at radius 2 is 1.68 bits per heavy atom. The number of aliphatic hydroxyl groups excluding tert-OH is 1. The summed E-state index contributed by atoms with van der Waals surface area (Å²) < 4.78 is 26.7. The van der Waals surface area contributed by atoms with Crippen molar-refractivity contribution in [2.45, 2.75) is 26.4 Å². The molecule has 1 unspecified atom stereocenters. The van der Waals surface area contributed by atoms with Crippen LogP contribution in [-0.4, -0.2) is 5.11 Å². The Morgan fingerprint density at radius 1 is 1.05 bits per heavy atom. The molecule has 0 amide bonds. The van der Waals surface area contributed by atoms with Gasteiger partial charge in [-0.05, 0) is 31.0 Å². The number of rotatable bonds is 3. The van der Waals surface area contributed by atoms with Crippen LogP contribution in [-0.2, 0) is 6.42 Å². The summed E-state index contributed by atoms with van der Waals surface area (Å²) in [4.78, 5) is 0. The van der Waals surface area contributed by atoms with Gasteiger partial charge in [-0.15, -0.1) is 0 Å². The maximum Gasteiger partial charge on any atom is 0.162 e. The Bertz CT molecular complexity index is 573. The number of aliphatic hydroxyl groups is 1. The fraction of sp³-hybridized carbons (Fsp3) is 0.250. The van der Waals surface area contributed by atoms with Gasteiger partial charge in [-0.1, -0.05) is 41.5 Å². The molecular weight excluding hydrogens is 246 g/mol. The molecule has 2 aromatic rings. The molecule has 0 spiro atoms. The third-order valence-corrected chi connectivity index (χ3v) is 3.07. The summed E-state index contributed by atoms with van der Waals surface area (Å²) >= 11 is 0. The Kier molecular flexibility index (Phi) is 3.96. The fourth-order valence-electron chi connectivity index (χ4n) is 2.23. The summed E-state index contributed by atoms with van der Waals surface area (Å²) in [6.45, 7) is 3.87. The second-order valence-corrected chi connectivity index (χ2v) is 4.85. The minimum Gasteiger partial charge on any atom is -0.388 e. The Labute approximate surface area is 111 Å². The zero-order valence-corrected chi connectivity index (χ0v) is 11.0. The van der Waals surface area contributed by atoms with E-state index in [0.29, 0.717) is 0 Å². The van der Waals surface area contributed by atoms with E-state index in [1.54, 1.807) is 0 Å². The number of hydrogen-bond donors (Lipinski definition) is 1. The van der Waals surface area contributed by atoms with E-state index in [-0.39, 0.29) is 12.0 Å². The molecule has 3 heteroatoms. The SMILES string of the molecule is Cc1cc(C)cc(C(O)Cc2cccc(F)c2F)c1. The largest absolute Gasteiger partial charge is 0.388 e. The van der Waals surface area contributed by atoms with Crippen molar-refractivity contribution in [1.29, 1.82) is 0 Å². The lowest BCUT2D eigenvalue weighted by Crippen LogP contribution is -2.05. The van der Waals surface area contributed by atoms with Gasteiger partial charge >= 0.3 is 0 Å². The molecule has 0 bridgehead atoms. The lowest BCUT2D eigenvalue weighted by atomic mass is 9.98. The van der Waals surface area contributed by atoms with E-state index in [0.717, 1.165) is 22.8 Å². The smallest absolute Gasteiger partial charge is 0.162 e. The minimum atomic E-state index is -0.884. The van der Waals surface area contributed by atoms with E-state index in [2.05, 4.69) is 0 Å². The van der Waals surface area contributed by atoms with Gasteiger partial charge in [0.05, 0.1) is 6.10 Å². The maximum absolute atomic E-state index is 13.6. The van der Waals surface area contributed by atoms with Crippen LogP contribution in [0.1, 0.15) is 28.4 Å². The molecule has 0 aliphatic rings. The molecule has 1 nitrogen and oxygen atoms in total. The van der Waals surface area contributed by atoms with Gasteiger partial charge in [-0.25, -0.2) is 8.78 Å². The second kappa shape index (κ2) is 5.49. The van der Waals surface area contributed by atoms with Gasteiger partial charge in [0.2, 0.25) is 0 Å². The first-order chi connectivity index (χ1) is 8.97. The highest BCUT2D eigenvalue weighted by atomic mass is 19.2. The lowest BCUT2D eigenvalue weighted by Gasteiger charge is -2.13. The number of benzene rings is 2. The highest BCUT2D eigenvalue weighted by molar-refractivity contribution is 5.31. The standard InChI is InChI=1S/C16H16F2O/c1-10-6-11(2)8-13(7-10)15(19)9-12-4-3-5-14(17)16(12)18/h3-8,15,19H,9H2,1-2H3. The Balaban J connectivity index is 2.25. The molecule has 100 valence electrons. The van der Waals surface area contributed by atoms with E-state index < -0.39 is 17.7 Å². The van der Waals surface area contributed by atoms with E-state index in [1.807, 2.05) is 32.0 Å². The van der Waals surface area contributed by atoms with Crippen molar-refractivity contribution in [3.63, 3.8) is 0 Å². The van der Waals surface area contributed by atoms with Gasteiger partial charge in [0.25, 0.3) is 0 Å². The molecule has 2 rings (SSSR count). The molecule has 1 atom stereocenters. The van der Waals surface area contributed by atoms with Crippen molar-refractivity contribution in [3.05, 3.63) is 70.3 Å². The average Bonchev–Trinajstić information content (AvgIpc) is 2.33. The third kappa shape index (κ3) is 3.18. The molecule has 0 saturated heterocycles. The molecule has 0 fully saturated rings. The van der Waals surface area contributed by atoms with Gasteiger partial charge < -0.3 is 5.11 Å². The van der Waals surface area contributed by atoms with Crippen LogP contribution < -0.4 is 0 Å². The molecule has 0 heterocycles. The number of hydrogen-bond acceptors (Lipinski definition) is 1. The predicted octanol–water partition coefficient (Wildman–Crippen LogP) is 3.86. The molecule has 0 saturated carbocycles. The zero-order chi connectivity index (χ0) is 14.0. The van der Waals surface area contributed by atoms with Crippen molar-refractivity contribution >= 4 is 0 Å². The molecule has 1 N–H and O–H groups in total. The van der Waals surface area contributed by atoms with Crippen molar-refractivity contribution in [2.75, 3.05) is 0 Å². The molecule has 19 heavy (non-hydrogen) atoms. The third-order valence-electron chi connectivity index (χ3n) is 3.07. The molecular formula is C16H16F2O. The zero-order valence-electron chi connectivity index (χ0n) is 11.0. The normalized spacial score (nSPS) is 12.5. The summed E-state index contributed by atoms with van der Waals surface area (Å²) in [5.74, 6) is -1.77. The van der Waals surface area contributed by atoms with Crippen LogP contribution in [0, 0.1) is 25.5 Å². The molecule has 0 aromatic heterocycles.